The van der Waals surface area contributed by atoms with Gasteiger partial charge in [0.2, 0.25) is 12.1 Å². The largest absolute Gasteiger partial charge is 0.459 e. The van der Waals surface area contributed by atoms with Crippen LogP contribution >= 0.6 is 11.6 Å². The lowest BCUT2D eigenvalue weighted by Gasteiger charge is -2.60. The molecule has 7 atom stereocenters. The third-order valence-corrected chi connectivity index (χ3v) is 14.1. The van der Waals surface area contributed by atoms with Gasteiger partial charge in [-0.3, -0.25) is 4.90 Å². The number of nitrogens with zero attached hydrogens (tertiary/aromatic N) is 2. The molecule has 12 heteroatoms. The molecule has 1 saturated heterocycles. The SMILES string of the molecule is C=CCOC12Oc3ccc(Oc4ccc(C)c(C)c4)cc3C3C(CCCCO)C(CCCCO)C=C(C(=NOC4CCCCO4)CC1N(Cc1cccc4ccccc14)C(=O)OCCCl)C32. The molecule has 11 nitrogen and oxygen atoms in total. The highest BCUT2D eigenvalue weighted by Crippen LogP contribution is 2.62. The molecule has 2 fully saturated rings. The predicted octanol–water partition coefficient (Wildman–Crippen LogP) is 11.3. The first-order chi connectivity index (χ1) is 32.3. The smallest absolute Gasteiger partial charge is 0.410 e. The summed E-state index contributed by atoms with van der Waals surface area (Å²) in [7, 11) is 0. The van der Waals surface area contributed by atoms with E-state index in [4.69, 9.17) is 45.3 Å². The minimum absolute atomic E-state index is 0.00930. The molecule has 1 amide bonds. The summed E-state index contributed by atoms with van der Waals surface area (Å²) in [4.78, 5) is 23.0. The first-order valence-electron chi connectivity index (χ1n) is 23.9. The number of allylic oxidation sites excluding steroid dienone is 1. The number of oxime groups is 1. The summed E-state index contributed by atoms with van der Waals surface area (Å²) in [6.07, 6.45) is 10.4. The Labute approximate surface area is 394 Å². The standard InChI is InChI=1S/C54H65ClN2O9/c1-4-28-63-54-49(57(53(60)62-30-25-55)35-40-17-13-16-38-14-5-6-18-43(38)40)34-47(56-66-50-20-9-12-29-61-50)45-32-39(15-7-10-26-58)44(19-8-11-27-59)51(52(45)54)46-33-42(23-24-48(46)65-54)64-41-22-21-36(2)37(3)31-41/h4-6,13-14,16-18,21-24,31-33,39,44,49-52,58-59H,1,7-12,15,19-20,25-30,34-35H2,2-3H3. The minimum Gasteiger partial charge on any atom is -0.459 e. The Morgan fingerprint density at radius 3 is 2.52 bits per heavy atom. The zero-order valence-electron chi connectivity index (χ0n) is 38.4. The van der Waals surface area contributed by atoms with Gasteiger partial charge in [-0.15, -0.1) is 18.2 Å². The molecule has 1 saturated carbocycles. The van der Waals surface area contributed by atoms with Gasteiger partial charge in [-0.25, -0.2) is 4.79 Å². The van der Waals surface area contributed by atoms with Gasteiger partial charge in [0.25, 0.3) is 0 Å². The van der Waals surface area contributed by atoms with Crippen molar-refractivity contribution in [1.29, 1.82) is 0 Å². The van der Waals surface area contributed by atoms with E-state index in [0.717, 1.165) is 77.3 Å². The first-order valence-corrected chi connectivity index (χ1v) is 24.4. The Hall–Kier alpha value is -4.91. The Bertz CT molecular complexity index is 2360. The molecule has 0 radical (unpaired) electrons. The normalized spacial score (nSPS) is 25.0. The van der Waals surface area contributed by atoms with Gasteiger partial charge in [-0.05, 0) is 128 Å². The number of carbonyl (C=O) groups excluding carboxylic acids is 1. The number of amides is 1. The molecule has 2 N–H and O–H groups in total. The molecule has 0 aromatic heterocycles. The van der Waals surface area contributed by atoms with Gasteiger partial charge in [0.1, 0.15) is 29.9 Å². The Morgan fingerprint density at radius 2 is 1.74 bits per heavy atom. The van der Waals surface area contributed by atoms with Crippen LogP contribution in [0.4, 0.5) is 4.79 Å². The van der Waals surface area contributed by atoms with Crippen LogP contribution in [0.5, 0.6) is 17.2 Å². The van der Waals surface area contributed by atoms with E-state index in [0.29, 0.717) is 43.1 Å². The molecule has 8 rings (SSSR count). The summed E-state index contributed by atoms with van der Waals surface area (Å²) in [6, 6.07) is 25.6. The lowest BCUT2D eigenvalue weighted by Crippen LogP contribution is -2.70. The highest BCUT2D eigenvalue weighted by molar-refractivity contribution is 6.18. The zero-order valence-corrected chi connectivity index (χ0v) is 39.1. The monoisotopic (exact) mass is 920 g/mol. The number of hydrogen-bond donors (Lipinski definition) is 2. The fourth-order valence-electron chi connectivity index (χ4n) is 10.7. The topological polar surface area (TPSA) is 129 Å². The highest BCUT2D eigenvalue weighted by Gasteiger charge is 2.66. The van der Waals surface area contributed by atoms with E-state index in [1.54, 1.807) is 11.0 Å². The minimum atomic E-state index is -1.48. The number of aliphatic hydroxyl groups is 2. The number of benzene rings is 4. The lowest BCUT2D eigenvalue weighted by atomic mass is 9.55. The number of hydrogen-bond acceptors (Lipinski definition) is 10. The van der Waals surface area contributed by atoms with Crippen LogP contribution in [0.25, 0.3) is 10.8 Å². The molecule has 7 unspecified atom stereocenters. The van der Waals surface area contributed by atoms with Crippen LogP contribution in [-0.4, -0.2) is 84.0 Å². The average Bonchev–Trinajstić information content (AvgIpc) is 3.34. The van der Waals surface area contributed by atoms with Gasteiger partial charge in [0.15, 0.2) is 0 Å². The van der Waals surface area contributed by atoms with Gasteiger partial charge in [-0.2, -0.15) is 0 Å². The molecule has 4 aliphatic rings. The Balaban J connectivity index is 1.35. The summed E-state index contributed by atoms with van der Waals surface area (Å²) in [5.41, 5.74) is 5.83. The van der Waals surface area contributed by atoms with E-state index in [1.807, 2.05) is 48.5 Å². The first kappa shape index (κ1) is 47.6. The third-order valence-electron chi connectivity index (χ3n) is 13.9. The number of alkyl halides is 1. The molecule has 66 heavy (non-hydrogen) atoms. The van der Waals surface area contributed by atoms with Gasteiger partial charge in [0.05, 0.1) is 37.3 Å². The summed E-state index contributed by atoms with van der Waals surface area (Å²) in [5.74, 6) is 0.0214. The van der Waals surface area contributed by atoms with E-state index in [-0.39, 0.29) is 63.0 Å². The van der Waals surface area contributed by atoms with E-state index in [2.05, 4.69) is 56.8 Å². The fraction of sp³-hybridized carbons (Fsp3) is 0.481. The van der Waals surface area contributed by atoms with Crippen LogP contribution in [0.15, 0.2) is 108 Å². The molecule has 4 aromatic rings. The number of aryl methyl sites for hydroxylation is 2. The number of rotatable bonds is 20. The van der Waals surface area contributed by atoms with Gasteiger partial charge >= 0.3 is 6.09 Å². The summed E-state index contributed by atoms with van der Waals surface area (Å²) in [6.45, 7) is 9.34. The summed E-state index contributed by atoms with van der Waals surface area (Å²) in [5, 5.41) is 27.2. The number of fused-ring (bicyclic) bond motifs is 3. The van der Waals surface area contributed by atoms with Crippen molar-refractivity contribution < 1.29 is 43.5 Å². The van der Waals surface area contributed by atoms with Crippen molar-refractivity contribution >= 4 is 34.2 Å². The van der Waals surface area contributed by atoms with Gasteiger partial charge in [0, 0.05) is 37.5 Å². The quantitative estimate of drug-likeness (QED) is 0.0385. The van der Waals surface area contributed by atoms with Crippen LogP contribution in [0.1, 0.15) is 92.4 Å². The molecule has 0 bridgehead atoms. The van der Waals surface area contributed by atoms with Crippen LogP contribution in [0, 0.1) is 31.6 Å². The Kier molecular flexibility index (Phi) is 16.0. The number of aliphatic hydroxyl groups excluding tert-OH is 2. The number of ether oxygens (including phenoxy) is 5. The third kappa shape index (κ3) is 10.3. The molecule has 352 valence electrons. The molecule has 4 aromatic carbocycles. The molecule has 2 aliphatic heterocycles. The molecule has 0 spiro atoms. The van der Waals surface area contributed by atoms with Crippen molar-refractivity contribution in [3.05, 3.63) is 125 Å². The summed E-state index contributed by atoms with van der Waals surface area (Å²) >= 11 is 6.19. The van der Waals surface area contributed by atoms with Crippen molar-refractivity contribution in [3.8, 4) is 17.2 Å². The van der Waals surface area contributed by atoms with Crippen molar-refractivity contribution in [2.75, 3.05) is 38.9 Å². The van der Waals surface area contributed by atoms with Crippen LogP contribution in [-0.2, 0) is 25.6 Å². The van der Waals surface area contributed by atoms with Crippen LogP contribution in [0.3, 0.4) is 0 Å². The van der Waals surface area contributed by atoms with Crippen molar-refractivity contribution in [1.82, 2.24) is 4.90 Å². The van der Waals surface area contributed by atoms with E-state index >= 15 is 0 Å². The highest BCUT2D eigenvalue weighted by atomic mass is 35.5. The maximum absolute atomic E-state index is 14.9. The van der Waals surface area contributed by atoms with E-state index in [9.17, 15) is 15.0 Å². The zero-order chi connectivity index (χ0) is 46.0. The molecular formula is C54H65ClN2O9. The second-order valence-corrected chi connectivity index (χ2v) is 18.5. The number of unbranched alkanes of at least 4 members (excludes halogenated alkanes) is 2. The van der Waals surface area contributed by atoms with Crippen molar-refractivity contribution in [2.45, 2.75) is 109 Å². The van der Waals surface area contributed by atoms with Crippen molar-refractivity contribution in [3.63, 3.8) is 0 Å². The van der Waals surface area contributed by atoms with Gasteiger partial charge in [-0.1, -0.05) is 78.7 Å². The fourth-order valence-corrected chi connectivity index (χ4v) is 10.7. The second-order valence-electron chi connectivity index (χ2n) is 18.1. The van der Waals surface area contributed by atoms with Gasteiger partial charge < -0.3 is 38.7 Å². The maximum atomic E-state index is 14.9. The second kappa shape index (κ2) is 22.3. The molecule has 2 heterocycles. The van der Waals surface area contributed by atoms with Crippen LogP contribution < -0.4 is 9.47 Å². The summed E-state index contributed by atoms with van der Waals surface area (Å²) < 4.78 is 33.4. The predicted molar refractivity (Wildman–Crippen MR) is 257 cm³/mol. The van der Waals surface area contributed by atoms with E-state index < -0.39 is 30.1 Å². The van der Waals surface area contributed by atoms with Crippen LogP contribution in [0.2, 0.25) is 0 Å². The number of carbonyl (C=O) groups is 1. The Morgan fingerprint density at radius 1 is 0.955 bits per heavy atom. The molecule has 2 aliphatic carbocycles. The number of halogens is 1. The van der Waals surface area contributed by atoms with Crippen molar-refractivity contribution in [2.24, 2.45) is 22.9 Å². The average molecular weight is 922 g/mol. The lowest BCUT2D eigenvalue weighted by molar-refractivity contribution is -0.256. The van der Waals surface area contributed by atoms with E-state index in [1.165, 1.54) is 5.56 Å². The molecular weight excluding hydrogens is 856 g/mol. The maximum Gasteiger partial charge on any atom is 0.410 e.